The van der Waals surface area contributed by atoms with Gasteiger partial charge in [0, 0.05) is 26.7 Å². The zero-order chi connectivity index (χ0) is 18.1. The van der Waals surface area contributed by atoms with E-state index in [4.69, 9.17) is 0 Å². The van der Waals surface area contributed by atoms with E-state index >= 15 is 0 Å². The van der Waals surface area contributed by atoms with Crippen LogP contribution in [0, 0.1) is 0 Å². The monoisotopic (exact) mass is 344 g/mol. The molecule has 0 spiro atoms. The first-order chi connectivity index (χ1) is 12.1. The number of amides is 3. The summed E-state index contributed by atoms with van der Waals surface area (Å²) in [4.78, 5) is 37.3. The smallest absolute Gasteiger partial charge is 0.239 e. The van der Waals surface area contributed by atoms with Gasteiger partial charge in [-0.25, -0.2) is 0 Å². The summed E-state index contributed by atoms with van der Waals surface area (Å²) in [5.41, 5.74) is 1.09. The van der Waals surface area contributed by atoms with E-state index in [1.807, 2.05) is 47.4 Å². The normalized spacial score (nSPS) is 18.0. The fourth-order valence-corrected chi connectivity index (χ4v) is 2.61. The van der Waals surface area contributed by atoms with E-state index in [-0.39, 0.29) is 30.7 Å². The zero-order valence-electron chi connectivity index (χ0n) is 14.3. The van der Waals surface area contributed by atoms with Crippen molar-refractivity contribution in [3.63, 3.8) is 0 Å². The summed E-state index contributed by atoms with van der Waals surface area (Å²) in [6, 6.07) is 9.37. The zero-order valence-corrected chi connectivity index (χ0v) is 14.3. The molecule has 0 radical (unpaired) electrons. The number of nitrogens with one attached hydrogen (secondary N) is 3. The lowest BCUT2D eigenvalue weighted by atomic mass is 10.1. The number of rotatable bonds is 7. The fraction of sp³-hybridized carbons (Fsp3) is 0.389. The Morgan fingerprint density at radius 2 is 2.04 bits per heavy atom. The molecular weight excluding hydrogens is 320 g/mol. The maximum Gasteiger partial charge on any atom is 0.239 e. The van der Waals surface area contributed by atoms with Crippen LogP contribution >= 0.6 is 0 Å². The van der Waals surface area contributed by atoms with Crippen LogP contribution in [0.2, 0.25) is 0 Å². The summed E-state index contributed by atoms with van der Waals surface area (Å²) in [6.07, 6.45) is 4.01. The number of nitrogens with zero attached hydrogens (tertiary/aromatic N) is 1. The van der Waals surface area contributed by atoms with Crippen LogP contribution in [0.25, 0.3) is 6.08 Å². The Kier molecular flexibility index (Phi) is 7.16. The van der Waals surface area contributed by atoms with E-state index in [9.17, 15) is 14.4 Å². The molecular formula is C18H24N4O3. The lowest BCUT2D eigenvalue weighted by molar-refractivity contribution is -0.134. The largest absolute Gasteiger partial charge is 0.358 e. The molecule has 1 aromatic rings. The van der Waals surface area contributed by atoms with Crippen molar-refractivity contribution in [3.8, 4) is 0 Å². The van der Waals surface area contributed by atoms with Crippen molar-refractivity contribution in [2.75, 3.05) is 33.2 Å². The number of piperazine rings is 1. The molecule has 1 saturated heterocycles. The summed E-state index contributed by atoms with van der Waals surface area (Å²) in [5.74, 6) is -0.749. The molecule has 0 saturated carbocycles. The summed E-state index contributed by atoms with van der Waals surface area (Å²) in [5, 5.41) is 7.75. The number of carbonyl (C=O) groups excluding carboxylic acids is 3. The highest BCUT2D eigenvalue weighted by atomic mass is 16.2. The first-order valence-electron chi connectivity index (χ1n) is 8.31. The van der Waals surface area contributed by atoms with Crippen molar-refractivity contribution in [3.05, 3.63) is 42.0 Å². The van der Waals surface area contributed by atoms with Gasteiger partial charge in [-0.15, -0.1) is 0 Å². The van der Waals surface area contributed by atoms with Crippen LogP contribution in [-0.4, -0.2) is 61.9 Å². The minimum absolute atomic E-state index is 0.0298. The highest BCUT2D eigenvalue weighted by molar-refractivity contribution is 5.90. The van der Waals surface area contributed by atoms with Gasteiger partial charge in [0.25, 0.3) is 0 Å². The van der Waals surface area contributed by atoms with Gasteiger partial charge in [-0.1, -0.05) is 42.5 Å². The van der Waals surface area contributed by atoms with Gasteiger partial charge < -0.3 is 16.0 Å². The molecule has 134 valence electrons. The molecule has 1 fully saturated rings. The number of carbonyl (C=O) groups is 3. The Balaban J connectivity index is 1.91. The number of likely N-dealkylation sites (N-methyl/N-ethyl adjacent to an activating group) is 1. The number of benzene rings is 1. The minimum atomic E-state index is -0.529. The highest BCUT2D eigenvalue weighted by Crippen LogP contribution is 2.10. The van der Waals surface area contributed by atoms with E-state index in [2.05, 4.69) is 16.0 Å². The predicted octanol–water partition coefficient (Wildman–Crippen LogP) is -0.247. The Morgan fingerprint density at radius 3 is 2.76 bits per heavy atom. The standard InChI is InChI=1S/C18H24N4O3/c1-19-17(24)13-21-16(23)12-15-18(25)20-9-11-22(15)10-5-8-14-6-3-2-4-7-14/h2-8,15H,9-13H2,1H3,(H,19,24)(H,20,25)(H,21,23). The van der Waals surface area contributed by atoms with E-state index in [1.54, 1.807) is 0 Å². The molecule has 0 aromatic heterocycles. The van der Waals surface area contributed by atoms with Gasteiger partial charge in [0.15, 0.2) is 0 Å². The second-order valence-corrected chi connectivity index (χ2v) is 5.77. The molecule has 1 aliphatic heterocycles. The van der Waals surface area contributed by atoms with Crippen molar-refractivity contribution in [2.24, 2.45) is 0 Å². The quantitative estimate of drug-likeness (QED) is 0.636. The highest BCUT2D eigenvalue weighted by Gasteiger charge is 2.30. The van der Waals surface area contributed by atoms with Gasteiger partial charge in [0.2, 0.25) is 17.7 Å². The molecule has 25 heavy (non-hydrogen) atoms. The molecule has 7 nitrogen and oxygen atoms in total. The molecule has 7 heteroatoms. The van der Waals surface area contributed by atoms with Gasteiger partial charge in [0.05, 0.1) is 19.0 Å². The van der Waals surface area contributed by atoms with Gasteiger partial charge in [-0.2, -0.15) is 0 Å². The van der Waals surface area contributed by atoms with E-state index < -0.39 is 6.04 Å². The topological polar surface area (TPSA) is 90.5 Å². The average Bonchev–Trinajstić information content (AvgIpc) is 2.63. The van der Waals surface area contributed by atoms with Gasteiger partial charge >= 0.3 is 0 Å². The van der Waals surface area contributed by atoms with Gasteiger partial charge in [-0.3, -0.25) is 19.3 Å². The third kappa shape index (κ3) is 6.04. The number of hydrogen-bond acceptors (Lipinski definition) is 4. The van der Waals surface area contributed by atoms with Crippen LogP contribution in [0.1, 0.15) is 12.0 Å². The first kappa shape index (κ1) is 18.7. The van der Waals surface area contributed by atoms with E-state index in [0.717, 1.165) is 5.56 Å². The molecule has 0 bridgehead atoms. The summed E-state index contributed by atoms with van der Waals surface area (Å²) in [7, 11) is 1.50. The van der Waals surface area contributed by atoms with E-state index in [1.165, 1.54) is 7.05 Å². The van der Waals surface area contributed by atoms with Crippen molar-refractivity contribution in [1.29, 1.82) is 0 Å². The second kappa shape index (κ2) is 9.58. The molecule has 3 amide bonds. The third-order valence-electron chi connectivity index (χ3n) is 4.00. The predicted molar refractivity (Wildman–Crippen MR) is 95.5 cm³/mol. The third-order valence-corrected chi connectivity index (χ3v) is 4.00. The summed E-state index contributed by atoms with van der Waals surface area (Å²) < 4.78 is 0. The van der Waals surface area contributed by atoms with Gasteiger partial charge in [-0.05, 0) is 5.56 Å². The first-order valence-corrected chi connectivity index (χ1v) is 8.31. The lowest BCUT2D eigenvalue weighted by Crippen LogP contribution is -2.56. The maximum atomic E-state index is 12.1. The number of hydrogen-bond donors (Lipinski definition) is 3. The Hall–Kier alpha value is -2.67. The average molecular weight is 344 g/mol. The van der Waals surface area contributed by atoms with Crippen LogP contribution in [0.3, 0.4) is 0 Å². The van der Waals surface area contributed by atoms with Crippen molar-refractivity contribution >= 4 is 23.8 Å². The van der Waals surface area contributed by atoms with Crippen molar-refractivity contribution in [2.45, 2.75) is 12.5 Å². The summed E-state index contributed by atoms with van der Waals surface area (Å²) >= 11 is 0. The minimum Gasteiger partial charge on any atom is -0.358 e. The Morgan fingerprint density at radius 1 is 1.28 bits per heavy atom. The van der Waals surface area contributed by atoms with Crippen molar-refractivity contribution in [1.82, 2.24) is 20.9 Å². The Labute approximate surface area is 147 Å². The molecule has 1 heterocycles. The van der Waals surface area contributed by atoms with Crippen LogP contribution in [-0.2, 0) is 14.4 Å². The Bertz CT molecular complexity index is 630. The molecule has 1 aliphatic rings. The molecule has 0 aliphatic carbocycles. The summed E-state index contributed by atoms with van der Waals surface area (Å²) in [6.45, 7) is 1.74. The van der Waals surface area contributed by atoms with Crippen LogP contribution in [0.4, 0.5) is 0 Å². The molecule has 2 rings (SSSR count). The van der Waals surface area contributed by atoms with Crippen LogP contribution in [0.15, 0.2) is 36.4 Å². The molecule has 3 N–H and O–H groups in total. The molecule has 1 aromatic carbocycles. The molecule has 1 unspecified atom stereocenters. The second-order valence-electron chi connectivity index (χ2n) is 5.77. The van der Waals surface area contributed by atoms with E-state index in [0.29, 0.717) is 19.6 Å². The fourth-order valence-electron chi connectivity index (χ4n) is 2.61. The van der Waals surface area contributed by atoms with Gasteiger partial charge in [0.1, 0.15) is 0 Å². The molecule has 1 atom stereocenters. The maximum absolute atomic E-state index is 12.1. The van der Waals surface area contributed by atoms with Crippen molar-refractivity contribution < 1.29 is 14.4 Å². The van der Waals surface area contributed by atoms with Crippen LogP contribution < -0.4 is 16.0 Å². The van der Waals surface area contributed by atoms with Crippen LogP contribution in [0.5, 0.6) is 0 Å². The SMILES string of the molecule is CNC(=O)CNC(=O)CC1C(=O)NCCN1CC=Cc1ccccc1. The lowest BCUT2D eigenvalue weighted by Gasteiger charge is -2.33.